The number of anilines is 1. The largest absolute Gasteiger partial charge is 0.300 e. The first-order valence-corrected chi connectivity index (χ1v) is 8.66. The van der Waals surface area contributed by atoms with E-state index in [1.807, 2.05) is 18.2 Å². The van der Waals surface area contributed by atoms with Gasteiger partial charge in [0.05, 0.1) is 5.69 Å². The zero-order valence-corrected chi connectivity index (χ0v) is 13.1. The number of nitrogens with one attached hydrogen (secondary N) is 1. The molecule has 1 aromatic rings. The van der Waals surface area contributed by atoms with E-state index in [1.165, 1.54) is 0 Å². The lowest BCUT2D eigenvalue weighted by molar-refractivity contribution is 0.296. The molecule has 0 aliphatic rings. The summed E-state index contributed by atoms with van der Waals surface area (Å²) in [4.78, 5) is 2.24. The second kappa shape index (κ2) is 7.11. The van der Waals surface area contributed by atoms with Crippen LogP contribution < -0.4 is 4.72 Å². The minimum atomic E-state index is -3.30. The van der Waals surface area contributed by atoms with Crippen LogP contribution in [0.3, 0.4) is 0 Å². The third-order valence-electron chi connectivity index (χ3n) is 2.71. The molecule has 0 aliphatic heterocycles. The number of halogens is 1. The summed E-state index contributed by atoms with van der Waals surface area (Å²) >= 11 is 2.97. The van der Waals surface area contributed by atoms with Crippen molar-refractivity contribution in [2.24, 2.45) is 0 Å². The SMILES string of the molecule is CCN(CC)Cc1ccccc1NS(=O)(=O)CBr. The van der Waals surface area contributed by atoms with Gasteiger partial charge >= 0.3 is 0 Å². The highest BCUT2D eigenvalue weighted by Crippen LogP contribution is 2.19. The molecule has 6 heteroatoms. The molecule has 0 atom stereocenters. The van der Waals surface area contributed by atoms with E-state index >= 15 is 0 Å². The molecule has 1 N–H and O–H groups in total. The lowest BCUT2D eigenvalue weighted by Gasteiger charge is -2.20. The quantitative estimate of drug-likeness (QED) is 0.780. The summed E-state index contributed by atoms with van der Waals surface area (Å²) in [6.45, 7) is 6.81. The van der Waals surface area contributed by atoms with Crippen LogP contribution in [0.1, 0.15) is 19.4 Å². The number of nitrogens with zero attached hydrogens (tertiary/aromatic N) is 1. The number of rotatable bonds is 7. The Morgan fingerprint density at radius 3 is 2.39 bits per heavy atom. The Labute approximate surface area is 118 Å². The topological polar surface area (TPSA) is 49.4 Å². The van der Waals surface area contributed by atoms with E-state index in [2.05, 4.69) is 39.4 Å². The zero-order valence-electron chi connectivity index (χ0n) is 10.7. The second-order valence-electron chi connectivity index (χ2n) is 3.94. The highest BCUT2D eigenvalue weighted by Gasteiger charge is 2.12. The Hall–Kier alpha value is -0.590. The predicted molar refractivity (Wildman–Crippen MR) is 79.4 cm³/mol. The number of benzene rings is 1. The Morgan fingerprint density at radius 2 is 1.83 bits per heavy atom. The molecule has 102 valence electrons. The van der Waals surface area contributed by atoms with Crippen molar-refractivity contribution in [2.45, 2.75) is 20.4 Å². The average molecular weight is 335 g/mol. The second-order valence-corrected chi connectivity index (χ2v) is 6.97. The molecule has 0 heterocycles. The molecule has 0 fully saturated rings. The van der Waals surface area contributed by atoms with E-state index < -0.39 is 10.0 Å². The van der Waals surface area contributed by atoms with Gasteiger partial charge in [-0.05, 0) is 24.7 Å². The summed E-state index contributed by atoms with van der Waals surface area (Å²) in [6, 6.07) is 7.49. The number of hydrogen-bond acceptors (Lipinski definition) is 3. The average Bonchev–Trinajstić information content (AvgIpc) is 2.37. The van der Waals surface area contributed by atoms with Crippen LogP contribution in [0.2, 0.25) is 0 Å². The van der Waals surface area contributed by atoms with Crippen molar-refractivity contribution in [2.75, 3.05) is 22.5 Å². The van der Waals surface area contributed by atoms with Crippen LogP contribution in [-0.4, -0.2) is 31.1 Å². The van der Waals surface area contributed by atoms with Gasteiger partial charge in [-0.1, -0.05) is 48.0 Å². The van der Waals surface area contributed by atoms with E-state index in [0.717, 1.165) is 25.2 Å². The van der Waals surface area contributed by atoms with E-state index in [0.29, 0.717) is 5.69 Å². The zero-order chi connectivity index (χ0) is 13.6. The van der Waals surface area contributed by atoms with Crippen molar-refractivity contribution in [3.63, 3.8) is 0 Å². The standard InChI is InChI=1S/C12H19BrN2O2S/c1-3-15(4-2)9-11-7-5-6-8-12(11)14-18(16,17)10-13/h5-8,14H,3-4,9-10H2,1-2H3. The maximum Gasteiger partial charge on any atom is 0.242 e. The molecule has 1 rings (SSSR count). The Balaban J connectivity index is 2.92. The van der Waals surface area contributed by atoms with Crippen molar-refractivity contribution in [3.8, 4) is 0 Å². The van der Waals surface area contributed by atoms with Crippen LogP contribution >= 0.6 is 15.9 Å². The van der Waals surface area contributed by atoms with Gasteiger partial charge in [-0.15, -0.1) is 0 Å². The van der Waals surface area contributed by atoms with Crippen LogP contribution in [-0.2, 0) is 16.6 Å². The first-order chi connectivity index (χ1) is 8.52. The Kier molecular flexibility index (Phi) is 6.11. The van der Waals surface area contributed by atoms with E-state index in [9.17, 15) is 8.42 Å². The minimum absolute atomic E-state index is 0.0976. The highest BCUT2D eigenvalue weighted by atomic mass is 79.9. The number of hydrogen-bond donors (Lipinski definition) is 1. The number of sulfonamides is 1. The molecule has 0 radical (unpaired) electrons. The van der Waals surface area contributed by atoms with Gasteiger partial charge in [-0.25, -0.2) is 8.42 Å². The molecule has 0 amide bonds. The minimum Gasteiger partial charge on any atom is -0.300 e. The predicted octanol–water partition coefficient (Wildman–Crippen LogP) is 2.62. The maximum absolute atomic E-state index is 11.6. The van der Waals surface area contributed by atoms with Gasteiger partial charge in [-0.3, -0.25) is 9.62 Å². The number of alkyl halides is 1. The maximum atomic E-state index is 11.6. The normalized spacial score (nSPS) is 11.8. The first kappa shape index (κ1) is 15.5. The van der Waals surface area contributed by atoms with Gasteiger partial charge in [0, 0.05) is 6.54 Å². The molecule has 0 aromatic heterocycles. The molecule has 4 nitrogen and oxygen atoms in total. The lowest BCUT2D eigenvalue weighted by Crippen LogP contribution is -2.23. The molecule has 0 spiro atoms. The van der Waals surface area contributed by atoms with Crippen LogP contribution in [0.25, 0.3) is 0 Å². The fraction of sp³-hybridized carbons (Fsp3) is 0.500. The van der Waals surface area contributed by atoms with E-state index in [-0.39, 0.29) is 4.66 Å². The fourth-order valence-electron chi connectivity index (χ4n) is 1.64. The van der Waals surface area contributed by atoms with Crippen molar-refractivity contribution in [1.82, 2.24) is 4.90 Å². The van der Waals surface area contributed by atoms with Gasteiger partial charge < -0.3 is 0 Å². The Bertz CT molecular complexity index is 473. The summed E-state index contributed by atoms with van der Waals surface area (Å²) < 4.78 is 25.6. The molecular weight excluding hydrogens is 316 g/mol. The van der Waals surface area contributed by atoms with Crippen LogP contribution in [0.15, 0.2) is 24.3 Å². The van der Waals surface area contributed by atoms with Gasteiger partial charge in [0.15, 0.2) is 0 Å². The first-order valence-electron chi connectivity index (χ1n) is 5.89. The number of para-hydroxylation sites is 1. The molecule has 1 aromatic carbocycles. The van der Waals surface area contributed by atoms with E-state index in [4.69, 9.17) is 0 Å². The third kappa shape index (κ3) is 4.59. The van der Waals surface area contributed by atoms with Crippen molar-refractivity contribution < 1.29 is 8.42 Å². The molecule has 0 bridgehead atoms. The lowest BCUT2D eigenvalue weighted by atomic mass is 10.1. The summed E-state index contributed by atoms with van der Waals surface area (Å²) in [7, 11) is -3.30. The summed E-state index contributed by atoms with van der Waals surface area (Å²) in [5.41, 5.74) is 1.65. The van der Waals surface area contributed by atoms with Gasteiger partial charge in [0.2, 0.25) is 10.0 Å². The molecule has 0 aliphatic carbocycles. The molecule has 0 saturated heterocycles. The molecular formula is C12H19BrN2O2S. The molecule has 18 heavy (non-hydrogen) atoms. The highest BCUT2D eigenvalue weighted by molar-refractivity contribution is 9.10. The molecule has 0 saturated carbocycles. The van der Waals surface area contributed by atoms with Gasteiger partial charge in [0.1, 0.15) is 4.66 Å². The van der Waals surface area contributed by atoms with Crippen LogP contribution in [0, 0.1) is 0 Å². The summed E-state index contributed by atoms with van der Waals surface area (Å²) in [6.07, 6.45) is 0. The monoisotopic (exact) mass is 334 g/mol. The van der Waals surface area contributed by atoms with Crippen LogP contribution in [0.4, 0.5) is 5.69 Å². The van der Waals surface area contributed by atoms with Crippen molar-refractivity contribution in [3.05, 3.63) is 29.8 Å². The van der Waals surface area contributed by atoms with Gasteiger partial charge in [-0.2, -0.15) is 0 Å². The van der Waals surface area contributed by atoms with E-state index in [1.54, 1.807) is 6.07 Å². The third-order valence-corrected chi connectivity index (χ3v) is 5.34. The summed E-state index contributed by atoms with van der Waals surface area (Å²) in [5, 5.41) is 0. The molecule has 0 unspecified atom stereocenters. The smallest absolute Gasteiger partial charge is 0.242 e. The Morgan fingerprint density at radius 1 is 1.22 bits per heavy atom. The van der Waals surface area contributed by atoms with Crippen molar-refractivity contribution in [1.29, 1.82) is 0 Å². The van der Waals surface area contributed by atoms with Crippen molar-refractivity contribution >= 4 is 31.6 Å². The van der Waals surface area contributed by atoms with Crippen LogP contribution in [0.5, 0.6) is 0 Å². The fourth-order valence-corrected chi connectivity index (χ4v) is 2.57. The van der Waals surface area contributed by atoms with Gasteiger partial charge in [0.25, 0.3) is 0 Å². The summed E-state index contributed by atoms with van der Waals surface area (Å²) in [5.74, 6) is 0.